The highest BCUT2D eigenvalue weighted by Gasteiger charge is 2.27. The lowest BCUT2D eigenvalue weighted by Gasteiger charge is -2.31. The topological polar surface area (TPSA) is 59.1 Å². The summed E-state index contributed by atoms with van der Waals surface area (Å²) in [5.74, 6) is 1.20. The van der Waals surface area contributed by atoms with E-state index in [1.807, 2.05) is 73.5 Å². The SMILES string of the molecule is CCC(C)N(CC(=O)N(Cc1ccc2c(c1)OCO2)Cc1sccc1C)C(=O)c1ccc(C)cc1. The Morgan fingerprint density at radius 1 is 1.00 bits per heavy atom. The molecule has 0 aliphatic carbocycles. The smallest absolute Gasteiger partial charge is 0.254 e. The average molecular weight is 493 g/mol. The number of amides is 2. The van der Waals surface area contributed by atoms with E-state index in [4.69, 9.17) is 9.47 Å². The van der Waals surface area contributed by atoms with Crippen LogP contribution >= 0.6 is 11.3 Å². The fourth-order valence-electron chi connectivity index (χ4n) is 3.99. The van der Waals surface area contributed by atoms with Crippen molar-refractivity contribution in [2.24, 2.45) is 0 Å². The molecule has 1 aliphatic rings. The Morgan fingerprint density at radius 3 is 2.43 bits per heavy atom. The second kappa shape index (κ2) is 11.0. The summed E-state index contributed by atoms with van der Waals surface area (Å²) < 4.78 is 11.0. The minimum absolute atomic E-state index is 0.0245. The number of carbonyl (C=O) groups excluding carboxylic acids is 2. The number of thiophene rings is 1. The zero-order valence-electron chi connectivity index (χ0n) is 20.7. The summed E-state index contributed by atoms with van der Waals surface area (Å²) in [6.07, 6.45) is 0.761. The van der Waals surface area contributed by atoms with E-state index in [1.165, 1.54) is 0 Å². The van der Waals surface area contributed by atoms with Crippen LogP contribution in [0, 0.1) is 13.8 Å². The van der Waals surface area contributed by atoms with E-state index in [2.05, 4.69) is 13.0 Å². The quantitative estimate of drug-likeness (QED) is 0.392. The van der Waals surface area contributed by atoms with Crippen LogP contribution in [-0.2, 0) is 17.9 Å². The van der Waals surface area contributed by atoms with Gasteiger partial charge in [0.2, 0.25) is 12.7 Å². The van der Waals surface area contributed by atoms with Crippen molar-refractivity contribution in [3.8, 4) is 11.5 Å². The van der Waals surface area contributed by atoms with Crippen LogP contribution in [0.3, 0.4) is 0 Å². The fourth-order valence-corrected chi connectivity index (χ4v) is 4.91. The summed E-state index contributed by atoms with van der Waals surface area (Å²) in [5.41, 5.74) is 3.80. The van der Waals surface area contributed by atoms with Crippen LogP contribution < -0.4 is 9.47 Å². The molecule has 0 saturated carbocycles. The zero-order valence-corrected chi connectivity index (χ0v) is 21.6. The number of hydrogen-bond donors (Lipinski definition) is 0. The molecule has 2 aromatic carbocycles. The molecule has 1 atom stereocenters. The van der Waals surface area contributed by atoms with Crippen molar-refractivity contribution < 1.29 is 19.1 Å². The van der Waals surface area contributed by atoms with E-state index in [1.54, 1.807) is 16.2 Å². The molecule has 184 valence electrons. The van der Waals surface area contributed by atoms with Crippen LogP contribution in [0.25, 0.3) is 0 Å². The lowest BCUT2D eigenvalue weighted by molar-refractivity contribution is -0.133. The maximum atomic E-state index is 13.7. The third-order valence-electron chi connectivity index (χ3n) is 6.45. The van der Waals surface area contributed by atoms with Gasteiger partial charge in [-0.3, -0.25) is 9.59 Å². The van der Waals surface area contributed by atoms with Crippen LogP contribution in [-0.4, -0.2) is 41.0 Å². The van der Waals surface area contributed by atoms with E-state index in [0.29, 0.717) is 30.2 Å². The molecule has 1 unspecified atom stereocenters. The minimum Gasteiger partial charge on any atom is -0.454 e. The molecule has 1 aliphatic heterocycles. The Balaban J connectivity index is 1.58. The van der Waals surface area contributed by atoms with Gasteiger partial charge in [0, 0.05) is 23.0 Å². The number of ether oxygens (including phenoxy) is 2. The Bertz CT molecular complexity index is 1190. The molecule has 35 heavy (non-hydrogen) atoms. The van der Waals surface area contributed by atoms with Crippen LogP contribution in [0.2, 0.25) is 0 Å². The summed E-state index contributed by atoms with van der Waals surface area (Å²) in [7, 11) is 0. The number of rotatable bonds is 9. The molecular weight excluding hydrogens is 460 g/mol. The van der Waals surface area contributed by atoms with Crippen LogP contribution in [0.5, 0.6) is 11.5 Å². The van der Waals surface area contributed by atoms with E-state index in [-0.39, 0.29) is 31.2 Å². The van der Waals surface area contributed by atoms with Crippen molar-refractivity contribution in [3.05, 3.63) is 81.0 Å². The average Bonchev–Trinajstić information content (AvgIpc) is 3.49. The first-order chi connectivity index (χ1) is 16.9. The summed E-state index contributed by atoms with van der Waals surface area (Å²) in [5, 5.41) is 2.04. The molecule has 2 amide bonds. The molecule has 1 aromatic heterocycles. The zero-order chi connectivity index (χ0) is 24.9. The molecule has 4 rings (SSSR count). The van der Waals surface area contributed by atoms with Gasteiger partial charge in [-0.1, -0.05) is 30.7 Å². The predicted octanol–water partition coefficient (Wildman–Crippen LogP) is 5.56. The highest BCUT2D eigenvalue weighted by Crippen LogP contribution is 2.33. The van der Waals surface area contributed by atoms with Crippen molar-refractivity contribution in [1.29, 1.82) is 0 Å². The second-order valence-electron chi connectivity index (χ2n) is 9.02. The number of hydrogen-bond acceptors (Lipinski definition) is 5. The largest absolute Gasteiger partial charge is 0.454 e. The standard InChI is InChI=1S/C28H32N2O4S/c1-5-21(4)30(28(32)23-9-6-19(2)7-10-23)17-27(31)29(16-26-20(3)12-13-35-26)15-22-8-11-24-25(14-22)34-18-33-24/h6-14,21H,5,15-18H2,1-4H3. The van der Waals surface area contributed by atoms with E-state index in [9.17, 15) is 9.59 Å². The maximum absolute atomic E-state index is 13.7. The van der Waals surface area contributed by atoms with Crippen molar-refractivity contribution in [3.63, 3.8) is 0 Å². The molecule has 0 spiro atoms. The van der Waals surface area contributed by atoms with Gasteiger partial charge in [-0.15, -0.1) is 11.3 Å². The number of benzene rings is 2. The molecule has 2 heterocycles. The maximum Gasteiger partial charge on any atom is 0.254 e. The Morgan fingerprint density at radius 2 is 1.74 bits per heavy atom. The van der Waals surface area contributed by atoms with Crippen LogP contribution in [0.15, 0.2) is 53.9 Å². The molecule has 0 radical (unpaired) electrons. The minimum atomic E-state index is -0.122. The van der Waals surface area contributed by atoms with E-state index in [0.717, 1.165) is 28.0 Å². The van der Waals surface area contributed by atoms with Gasteiger partial charge in [0.1, 0.15) is 6.54 Å². The van der Waals surface area contributed by atoms with Gasteiger partial charge in [0.15, 0.2) is 11.5 Å². The highest BCUT2D eigenvalue weighted by molar-refractivity contribution is 7.10. The fraction of sp³-hybridized carbons (Fsp3) is 0.357. The van der Waals surface area contributed by atoms with Crippen molar-refractivity contribution in [1.82, 2.24) is 9.80 Å². The number of nitrogens with zero attached hydrogens (tertiary/aromatic N) is 2. The number of fused-ring (bicyclic) bond motifs is 1. The summed E-state index contributed by atoms with van der Waals surface area (Å²) in [6.45, 7) is 9.21. The third-order valence-corrected chi connectivity index (χ3v) is 7.46. The first-order valence-electron chi connectivity index (χ1n) is 11.9. The molecule has 0 saturated heterocycles. The Hall–Kier alpha value is -3.32. The van der Waals surface area contributed by atoms with E-state index >= 15 is 0 Å². The first-order valence-corrected chi connectivity index (χ1v) is 12.8. The molecule has 0 fully saturated rings. The van der Waals surface area contributed by atoms with Crippen molar-refractivity contribution in [2.75, 3.05) is 13.3 Å². The van der Waals surface area contributed by atoms with Gasteiger partial charge >= 0.3 is 0 Å². The van der Waals surface area contributed by atoms with E-state index < -0.39 is 0 Å². The van der Waals surface area contributed by atoms with Gasteiger partial charge < -0.3 is 19.3 Å². The van der Waals surface area contributed by atoms with Gasteiger partial charge in [-0.25, -0.2) is 0 Å². The molecule has 0 N–H and O–H groups in total. The summed E-state index contributed by atoms with van der Waals surface area (Å²) in [6, 6.07) is 15.3. The third kappa shape index (κ3) is 5.85. The van der Waals surface area contributed by atoms with Crippen molar-refractivity contribution in [2.45, 2.75) is 53.2 Å². The van der Waals surface area contributed by atoms with Gasteiger partial charge in [-0.2, -0.15) is 0 Å². The number of carbonyl (C=O) groups is 2. The Kier molecular flexibility index (Phi) is 7.76. The lowest BCUT2D eigenvalue weighted by Crippen LogP contribution is -2.46. The van der Waals surface area contributed by atoms with Gasteiger partial charge in [0.05, 0.1) is 6.54 Å². The molecular formula is C28H32N2O4S. The number of aryl methyl sites for hydroxylation is 2. The van der Waals surface area contributed by atoms with Crippen molar-refractivity contribution >= 4 is 23.2 Å². The monoisotopic (exact) mass is 492 g/mol. The Labute approximate surface area is 211 Å². The predicted molar refractivity (Wildman–Crippen MR) is 138 cm³/mol. The molecule has 7 heteroatoms. The highest BCUT2D eigenvalue weighted by atomic mass is 32.1. The summed E-state index contributed by atoms with van der Waals surface area (Å²) in [4.78, 5) is 31.8. The molecule has 0 bridgehead atoms. The first kappa shape index (κ1) is 24.8. The van der Waals surface area contributed by atoms with Crippen LogP contribution in [0.1, 0.15) is 52.2 Å². The molecule has 6 nitrogen and oxygen atoms in total. The lowest BCUT2D eigenvalue weighted by atomic mass is 10.1. The summed E-state index contributed by atoms with van der Waals surface area (Å²) >= 11 is 1.64. The van der Waals surface area contributed by atoms with Gasteiger partial charge in [0.25, 0.3) is 5.91 Å². The molecule has 3 aromatic rings. The van der Waals surface area contributed by atoms with Crippen LogP contribution in [0.4, 0.5) is 0 Å². The second-order valence-corrected chi connectivity index (χ2v) is 10.0. The normalized spacial score (nSPS) is 12.9. The van der Waals surface area contributed by atoms with Gasteiger partial charge in [-0.05, 0) is 74.0 Å².